The fraction of sp³-hybridized carbons (Fsp3) is 0.833. The van der Waals surface area contributed by atoms with E-state index in [9.17, 15) is 20.1 Å². The summed E-state index contributed by atoms with van der Waals surface area (Å²) in [6.45, 7) is 2.16. The van der Waals surface area contributed by atoms with E-state index in [-0.39, 0.29) is 18.9 Å². The van der Waals surface area contributed by atoms with Gasteiger partial charge in [-0.15, -0.1) is 0 Å². The topological polar surface area (TPSA) is 96.2 Å². The number of hydrogen-bond donors (Lipinski definition) is 3. The molecule has 3 N–H and O–H groups in total. The molecule has 5 unspecified atom stereocenters. The SMILES string of the molecule is CCCCCCC1CCC2OC(=O)CCC(O)C(O)/C=C\C2(O)O1. The molecule has 1 fully saturated rings. The van der Waals surface area contributed by atoms with Crippen molar-refractivity contribution in [2.45, 2.75) is 94.9 Å². The molecule has 0 radical (unpaired) electrons. The van der Waals surface area contributed by atoms with Gasteiger partial charge < -0.3 is 24.8 Å². The molecule has 6 nitrogen and oxygen atoms in total. The van der Waals surface area contributed by atoms with Gasteiger partial charge >= 0.3 is 5.97 Å². The highest BCUT2D eigenvalue weighted by Gasteiger charge is 2.45. The first-order valence-electron chi connectivity index (χ1n) is 9.09. The number of fused-ring (bicyclic) bond motifs is 1. The summed E-state index contributed by atoms with van der Waals surface area (Å²) >= 11 is 0. The van der Waals surface area contributed by atoms with Crippen LogP contribution in [0.15, 0.2) is 12.2 Å². The van der Waals surface area contributed by atoms with Crippen LogP contribution in [0.4, 0.5) is 0 Å². The van der Waals surface area contributed by atoms with Gasteiger partial charge in [0.2, 0.25) is 5.79 Å². The zero-order valence-corrected chi connectivity index (χ0v) is 14.4. The van der Waals surface area contributed by atoms with Crippen molar-refractivity contribution in [1.29, 1.82) is 0 Å². The van der Waals surface area contributed by atoms with Gasteiger partial charge in [-0.1, -0.05) is 38.7 Å². The minimum Gasteiger partial charge on any atom is -0.456 e. The lowest BCUT2D eigenvalue weighted by atomic mass is 9.93. The van der Waals surface area contributed by atoms with Gasteiger partial charge in [-0.2, -0.15) is 0 Å². The van der Waals surface area contributed by atoms with Gasteiger partial charge in [-0.05, 0) is 31.8 Å². The minimum absolute atomic E-state index is 0.000900. The van der Waals surface area contributed by atoms with Gasteiger partial charge in [0.15, 0.2) is 6.10 Å². The number of aliphatic hydroxyl groups is 3. The third kappa shape index (κ3) is 5.28. The second kappa shape index (κ2) is 8.94. The smallest absolute Gasteiger partial charge is 0.306 e. The molecule has 2 aliphatic heterocycles. The Morgan fingerprint density at radius 3 is 2.75 bits per heavy atom. The van der Waals surface area contributed by atoms with Crippen LogP contribution in [-0.2, 0) is 14.3 Å². The van der Waals surface area contributed by atoms with Crippen LogP contribution in [-0.4, -0.2) is 51.5 Å². The third-order valence-electron chi connectivity index (χ3n) is 4.79. The maximum atomic E-state index is 11.9. The lowest BCUT2D eigenvalue weighted by Gasteiger charge is -2.41. The van der Waals surface area contributed by atoms with E-state index in [0.29, 0.717) is 6.42 Å². The Kier molecular flexibility index (Phi) is 7.22. The molecule has 0 bridgehead atoms. The number of esters is 1. The van der Waals surface area contributed by atoms with E-state index in [1.54, 1.807) is 0 Å². The highest BCUT2D eigenvalue weighted by molar-refractivity contribution is 5.69. The molecule has 138 valence electrons. The van der Waals surface area contributed by atoms with Crippen LogP contribution >= 0.6 is 0 Å². The molecule has 6 heteroatoms. The van der Waals surface area contributed by atoms with Crippen molar-refractivity contribution in [2.24, 2.45) is 0 Å². The molecule has 0 amide bonds. The van der Waals surface area contributed by atoms with Gasteiger partial charge in [0.25, 0.3) is 0 Å². The molecule has 1 saturated heterocycles. The number of unbranched alkanes of at least 4 members (excludes halogenated alkanes) is 3. The Morgan fingerprint density at radius 2 is 2.00 bits per heavy atom. The van der Waals surface area contributed by atoms with Crippen molar-refractivity contribution in [3.63, 3.8) is 0 Å². The van der Waals surface area contributed by atoms with Gasteiger partial charge in [-0.25, -0.2) is 0 Å². The van der Waals surface area contributed by atoms with Crippen molar-refractivity contribution < 1.29 is 29.6 Å². The number of hydrogen-bond acceptors (Lipinski definition) is 6. The molecular formula is C18H30O6. The predicted molar refractivity (Wildman–Crippen MR) is 88.1 cm³/mol. The Labute approximate surface area is 143 Å². The standard InChI is InChI=1S/C18H30O6/c1-2-3-4-5-6-13-7-9-16-18(22,24-13)12-11-15(20)14(19)8-10-17(21)23-16/h11-16,19-20,22H,2-10H2,1H3/b12-11-. The van der Waals surface area contributed by atoms with Crippen molar-refractivity contribution in [3.05, 3.63) is 12.2 Å². The summed E-state index contributed by atoms with van der Waals surface area (Å²) in [4.78, 5) is 11.9. The zero-order valence-electron chi connectivity index (χ0n) is 14.4. The van der Waals surface area contributed by atoms with Crippen LogP contribution in [0.25, 0.3) is 0 Å². The van der Waals surface area contributed by atoms with Gasteiger partial charge in [0.1, 0.15) is 0 Å². The Morgan fingerprint density at radius 1 is 1.21 bits per heavy atom. The molecule has 0 saturated carbocycles. The van der Waals surface area contributed by atoms with Crippen LogP contribution in [0, 0.1) is 0 Å². The second-order valence-corrected chi connectivity index (χ2v) is 6.85. The molecule has 5 atom stereocenters. The highest BCUT2D eigenvalue weighted by Crippen LogP contribution is 2.34. The van der Waals surface area contributed by atoms with Crippen LogP contribution in [0.2, 0.25) is 0 Å². The summed E-state index contributed by atoms with van der Waals surface area (Å²) in [6, 6.07) is 0. The van der Waals surface area contributed by atoms with Crippen LogP contribution in [0.1, 0.15) is 64.7 Å². The van der Waals surface area contributed by atoms with E-state index in [1.165, 1.54) is 18.6 Å². The Balaban J connectivity index is 2.05. The largest absolute Gasteiger partial charge is 0.456 e. The molecule has 0 aromatic heterocycles. The molecule has 0 aromatic rings. The quantitative estimate of drug-likeness (QED) is 0.401. The first-order chi connectivity index (χ1) is 11.4. The third-order valence-corrected chi connectivity index (χ3v) is 4.79. The van der Waals surface area contributed by atoms with Crippen molar-refractivity contribution in [2.75, 3.05) is 0 Å². The van der Waals surface area contributed by atoms with E-state index in [0.717, 1.165) is 32.1 Å². The summed E-state index contributed by atoms with van der Waals surface area (Å²) < 4.78 is 11.2. The number of ether oxygens (including phenoxy) is 2. The molecule has 24 heavy (non-hydrogen) atoms. The average molecular weight is 342 g/mol. The number of aliphatic hydroxyl groups excluding tert-OH is 2. The average Bonchev–Trinajstić information content (AvgIpc) is 2.56. The number of carbonyl (C=O) groups is 1. The summed E-state index contributed by atoms with van der Waals surface area (Å²) in [5.74, 6) is -2.24. The monoisotopic (exact) mass is 342 g/mol. The van der Waals surface area contributed by atoms with Crippen molar-refractivity contribution in [3.8, 4) is 0 Å². The maximum Gasteiger partial charge on any atom is 0.306 e. The molecule has 0 spiro atoms. The lowest BCUT2D eigenvalue weighted by Crippen LogP contribution is -2.52. The number of carbonyl (C=O) groups excluding carboxylic acids is 1. The maximum absolute atomic E-state index is 11.9. The first-order valence-corrected chi connectivity index (χ1v) is 9.09. The summed E-state index contributed by atoms with van der Waals surface area (Å²) in [5.41, 5.74) is 0. The molecule has 2 rings (SSSR count). The van der Waals surface area contributed by atoms with Gasteiger partial charge in [-0.3, -0.25) is 4.79 Å². The fourth-order valence-corrected chi connectivity index (χ4v) is 3.26. The molecule has 2 heterocycles. The van der Waals surface area contributed by atoms with Gasteiger partial charge in [0, 0.05) is 6.42 Å². The van der Waals surface area contributed by atoms with Crippen LogP contribution in [0.5, 0.6) is 0 Å². The summed E-state index contributed by atoms with van der Waals surface area (Å²) in [7, 11) is 0. The van der Waals surface area contributed by atoms with E-state index in [2.05, 4.69) is 6.92 Å². The van der Waals surface area contributed by atoms with Crippen LogP contribution < -0.4 is 0 Å². The van der Waals surface area contributed by atoms with Crippen LogP contribution in [0.3, 0.4) is 0 Å². The predicted octanol–water partition coefficient (Wildman–Crippen LogP) is 1.81. The zero-order chi connectivity index (χ0) is 17.6. The summed E-state index contributed by atoms with van der Waals surface area (Å²) in [6.07, 6.45) is 6.28. The fourth-order valence-electron chi connectivity index (χ4n) is 3.26. The highest BCUT2D eigenvalue weighted by atomic mass is 16.7. The normalized spacial score (nSPS) is 38.9. The Bertz CT molecular complexity index is 437. The Hall–Kier alpha value is -0.950. The van der Waals surface area contributed by atoms with Gasteiger partial charge in [0.05, 0.1) is 18.3 Å². The van der Waals surface area contributed by atoms with E-state index >= 15 is 0 Å². The molecule has 0 aliphatic carbocycles. The first kappa shape index (κ1) is 19.4. The molecule has 2 aliphatic rings. The number of rotatable bonds is 5. The van der Waals surface area contributed by atoms with E-state index in [4.69, 9.17) is 9.47 Å². The van der Waals surface area contributed by atoms with E-state index < -0.39 is 30.1 Å². The van der Waals surface area contributed by atoms with E-state index in [1.807, 2.05) is 0 Å². The lowest BCUT2D eigenvalue weighted by molar-refractivity contribution is -0.277. The summed E-state index contributed by atoms with van der Waals surface area (Å²) in [5, 5.41) is 30.5. The molecular weight excluding hydrogens is 312 g/mol. The second-order valence-electron chi connectivity index (χ2n) is 6.85. The van der Waals surface area contributed by atoms with Crippen molar-refractivity contribution >= 4 is 5.97 Å². The molecule has 0 aromatic carbocycles. The van der Waals surface area contributed by atoms with Crippen molar-refractivity contribution in [1.82, 2.24) is 0 Å². The minimum atomic E-state index is -1.75.